The fraction of sp³-hybridized carbons (Fsp3) is 0.211. The molecule has 0 atom stereocenters. The second-order valence-corrected chi connectivity index (χ2v) is 6.00. The Labute approximate surface area is 151 Å². The molecule has 1 aliphatic rings. The summed E-state index contributed by atoms with van der Waals surface area (Å²) in [6.07, 6.45) is 3.37. The van der Waals surface area contributed by atoms with Crippen molar-refractivity contribution in [1.29, 1.82) is 0 Å². The third kappa shape index (κ3) is 3.57. The first-order valence-corrected chi connectivity index (χ1v) is 8.49. The zero-order valence-electron chi connectivity index (χ0n) is 14.2. The Morgan fingerprint density at radius 3 is 2.62 bits per heavy atom. The summed E-state index contributed by atoms with van der Waals surface area (Å²) in [5.74, 6) is -0.227. The van der Waals surface area contributed by atoms with Crippen LogP contribution >= 0.6 is 0 Å². The van der Waals surface area contributed by atoms with Crippen molar-refractivity contribution in [3.8, 4) is 11.3 Å². The number of nitrogens with one attached hydrogen (secondary N) is 2. The van der Waals surface area contributed by atoms with E-state index in [9.17, 15) is 4.79 Å². The van der Waals surface area contributed by atoms with Crippen LogP contribution in [0.25, 0.3) is 11.3 Å². The molecule has 0 spiro atoms. The molecule has 0 saturated carbocycles. The number of pyridine rings is 1. The molecule has 1 aliphatic heterocycles. The van der Waals surface area contributed by atoms with Gasteiger partial charge in [-0.1, -0.05) is 12.1 Å². The third-order valence-corrected chi connectivity index (χ3v) is 4.31. The number of aromatic nitrogens is 3. The summed E-state index contributed by atoms with van der Waals surface area (Å²) in [6, 6.07) is 13.2. The summed E-state index contributed by atoms with van der Waals surface area (Å²) < 4.78 is 5.37. The lowest BCUT2D eigenvalue weighted by Crippen LogP contribution is -2.36. The van der Waals surface area contributed by atoms with E-state index in [4.69, 9.17) is 4.74 Å². The van der Waals surface area contributed by atoms with Crippen LogP contribution in [-0.4, -0.2) is 47.4 Å². The van der Waals surface area contributed by atoms with Gasteiger partial charge in [0.25, 0.3) is 5.91 Å². The van der Waals surface area contributed by atoms with Crippen molar-refractivity contribution in [3.05, 3.63) is 60.6 Å². The number of aromatic amines is 1. The van der Waals surface area contributed by atoms with Gasteiger partial charge in [-0.2, -0.15) is 5.10 Å². The fourth-order valence-corrected chi connectivity index (χ4v) is 2.91. The van der Waals surface area contributed by atoms with Gasteiger partial charge in [-0.3, -0.25) is 14.9 Å². The summed E-state index contributed by atoms with van der Waals surface area (Å²) in [5.41, 5.74) is 4.04. The van der Waals surface area contributed by atoms with Crippen LogP contribution in [0.2, 0.25) is 0 Å². The molecule has 7 heteroatoms. The number of morpholine rings is 1. The molecule has 1 fully saturated rings. The van der Waals surface area contributed by atoms with Crippen molar-refractivity contribution in [2.24, 2.45) is 0 Å². The standard InChI is InChI=1S/C19H19N5O2/c25-19(18-13-16(5-7-20-18)24-9-11-26-12-10-24)22-15-3-1-14(2-4-15)17-6-8-21-23-17/h1-8,13H,9-12H2,(H,21,23)(H,22,25). The van der Waals surface area contributed by atoms with Gasteiger partial charge in [0.15, 0.2) is 0 Å². The van der Waals surface area contributed by atoms with E-state index >= 15 is 0 Å². The SMILES string of the molecule is O=C(Nc1ccc(-c2ccn[nH]2)cc1)c1cc(N2CCOCC2)ccn1. The number of H-pyrrole nitrogens is 1. The zero-order valence-corrected chi connectivity index (χ0v) is 14.2. The quantitative estimate of drug-likeness (QED) is 0.756. The highest BCUT2D eigenvalue weighted by Gasteiger charge is 2.14. The Hall–Kier alpha value is -3.19. The predicted octanol–water partition coefficient (Wildman–Crippen LogP) is 2.56. The lowest BCUT2D eigenvalue weighted by atomic mass is 10.1. The van der Waals surface area contributed by atoms with Crippen molar-refractivity contribution in [3.63, 3.8) is 0 Å². The lowest BCUT2D eigenvalue weighted by molar-refractivity contribution is 0.102. The molecule has 4 rings (SSSR count). The van der Waals surface area contributed by atoms with E-state index < -0.39 is 0 Å². The molecule has 2 N–H and O–H groups in total. The Morgan fingerprint density at radius 2 is 1.88 bits per heavy atom. The Morgan fingerprint density at radius 1 is 1.08 bits per heavy atom. The monoisotopic (exact) mass is 349 g/mol. The van der Waals surface area contributed by atoms with Crippen LogP contribution in [0.15, 0.2) is 54.9 Å². The Bertz CT molecular complexity index is 871. The number of anilines is 2. The molecule has 0 aliphatic carbocycles. The number of nitrogens with zero attached hydrogens (tertiary/aromatic N) is 3. The minimum atomic E-state index is -0.227. The summed E-state index contributed by atoms with van der Waals surface area (Å²) in [5, 5.41) is 9.75. The maximum Gasteiger partial charge on any atom is 0.274 e. The molecular weight excluding hydrogens is 330 g/mol. The largest absolute Gasteiger partial charge is 0.378 e. The van der Waals surface area contributed by atoms with Gasteiger partial charge < -0.3 is 15.0 Å². The van der Waals surface area contributed by atoms with Gasteiger partial charge in [-0.25, -0.2) is 0 Å². The molecule has 0 bridgehead atoms. The maximum atomic E-state index is 12.5. The first-order chi connectivity index (χ1) is 12.8. The number of carbonyl (C=O) groups excluding carboxylic acids is 1. The second-order valence-electron chi connectivity index (χ2n) is 6.00. The average Bonchev–Trinajstić information content (AvgIpc) is 3.24. The highest BCUT2D eigenvalue weighted by molar-refractivity contribution is 6.03. The van der Waals surface area contributed by atoms with Crippen LogP contribution in [0.3, 0.4) is 0 Å². The van der Waals surface area contributed by atoms with Crippen molar-refractivity contribution >= 4 is 17.3 Å². The molecule has 1 saturated heterocycles. The number of amides is 1. The number of ether oxygens (including phenoxy) is 1. The van der Waals surface area contributed by atoms with Crippen molar-refractivity contribution in [2.75, 3.05) is 36.5 Å². The molecule has 3 aromatic rings. The highest BCUT2D eigenvalue weighted by atomic mass is 16.5. The van der Waals surface area contributed by atoms with Crippen molar-refractivity contribution < 1.29 is 9.53 Å². The summed E-state index contributed by atoms with van der Waals surface area (Å²) in [4.78, 5) is 18.9. The maximum absolute atomic E-state index is 12.5. The molecule has 0 radical (unpaired) electrons. The van der Waals surface area contributed by atoms with Crippen LogP contribution in [0.5, 0.6) is 0 Å². The molecule has 1 amide bonds. The van der Waals surface area contributed by atoms with Gasteiger partial charge in [0.1, 0.15) is 5.69 Å². The van der Waals surface area contributed by atoms with Crippen LogP contribution in [0.4, 0.5) is 11.4 Å². The van der Waals surface area contributed by atoms with Gasteiger partial charge in [-0.15, -0.1) is 0 Å². The van der Waals surface area contributed by atoms with Crippen molar-refractivity contribution in [1.82, 2.24) is 15.2 Å². The van der Waals surface area contributed by atoms with Gasteiger partial charge >= 0.3 is 0 Å². The first-order valence-electron chi connectivity index (χ1n) is 8.49. The molecule has 26 heavy (non-hydrogen) atoms. The summed E-state index contributed by atoms with van der Waals surface area (Å²) >= 11 is 0. The van der Waals surface area contributed by atoms with Gasteiger partial charge in [0, 0.05) is 36.9 Å². The average molecular weight is 349 g/mol. The second kappa shape index (κ2) is 7.37. The van der Waals surface area contributed by atoms with Gasteiger partial charge in [0.2, 0.25) is 0 Å². The predicted molar refractivity (Wildman–Crippen MR) is 99.2 cm³/mol. The van der Waals surface area contributed by atoms with Crippen LogP contribution < -0.4 is 10.2 Å². The van der Waals surface area contributed by atoms with E-state index in [0.717, 1.165) is 35.7 Å². The van der Waals surface area contributed by atoms with E-state index in [1.54, 1.807) is 12.4 Å². The van der Waals surface area contributed by atoms with E-state index in [-0.39, 0.29) is 5.91 Å². The summed E-state index contributed by atoms with van der Waals surface area (Å²) in [6.45, 7) is 3.04. The van der Waals surface area contributed by atoms with Crippen LogP contribution in [-0.2, 0) is 4.74 Å². The number of hydrogen-bond acceptors (Lipinski definition) is 5. The first kappa shape index (κ1) is 16.3. The van der Waals surface area contributed by atoms with Crippen molar-refractivity contribution in [2.45, 2.75) is 0 Å². The smallest absolute Gasteiger partial charge is 0.274 e. The number of benzene rings is 1. The molecule has 2 aromatic heterocycles. The van der Waals surface area contributed by atoms with Gasteiger partial charge in [-0.05, 0) is 35.9 Å². The Kier molecular flexibility index (Phi) is 4.61. The summed E-state index contributed by atoms with van der Waals surface area (Å²) in [7, 11) is 0. The topological polar surface area (TPSA) is 83.1 Å². The third-order valence-electron chi connectivity index (χ3n) is 4.31. The molecule has 1 aromatic carbocycles. The van der Waals surface area contributed by atoms with E-state index in [1.807, 2.05) is 42.5 Å². The highest BCUT2D eigenvalue weighted by Crippen LogP contribution is 2.20. The zero-order chi connectivity index (χ0) is 17.8. The minimum absolute atomic E-state index is 0.227. The van der Waals surface area contributed by atoms with Gasteiger partial charge in [0.05, 0.1) is 18.9 Å². The van der Waals surface area contributed by atoms with E-state index in [0.29, 0.717) is 18.9 Å². The van der Waals surface area contributed by atoms with Crippen LogP contribution in [0, 0.1) is 0 Å². The molecule has 132 valence electrons. The molecule has 7 nitrogen and oxygen atoms in total. The molecule has 3 heterocycles. The molecular formula is C19H19N5O2. The number of rotatable bonds is 4. The normalized spacial score (nSPS) is 14.2. The number of hydrogen-bond donors (Lipinski definition) is 2. The van der Waals surface area contributed by atoms with E-state index in [2.05, 4.69) is 25.4 Å². The lowest BCUT2D eigenvalue weighted by Gasteiger charge is -2.28. The van der Waals surface area contributed by atoms with Crippen LogP contribution in [0.1, 0.15) is 10.5 Å². The minimum Gasteiger partial charge on any atom is -0.378 e. The molecule has 0 unspecified atom stereocenters. The van der Waals surface area contributed by atoms with E-state index in [1.165, 1.54) is 0 Å². The number of carbonyl (C=O) groups is 1. The fourth-order valence-electron chi connectivity index (χ4n) is 2.91. The Balaban J connectivity index is 1.46.